The molecule has 0 fully saturated rings. The summed E-state index contributed by atoms with van der Waals surface area (Å²) in [5.74, 6) is 0.404. The van der Waals surface area contributed by atoms with Gasteiger partial charge in [-0.2, -0.15) is 0 Å². The van der Waals surface area contributed by atoms with Gasteiger partial charge in [0.25, 0.3) is 0 Å². The summed E-state index contributed by atoms with van der Waals surface area (Å²) in [5.41, 5.74) is 2.18. The molecule has 0 aliphatic heterocycles. The van der Waals surface area contributed by atoms with Crippen molar-refractivity contribution in [2.45, 2.75) is 27.2 Å². The van der Waals surface area contributed by atoms with E-state index in [0.717, 1.165) is 12.0 Å². The largest absolute Gasteiger partial charge is 0.295 e. The van der Waals surface area contributed by atoms with E-state index in [0.29, 0.717) is 0 Å². The predicted octanol–water partition coefficient (Wildman–Crippen LogP) is 3.04. The number of Topliss-reactive ketones (excluding diaryl/α,β-unsaturated/α-hetero) is 1. The number of hydrogen-bond donors (Lipinski definition) is 0. The molecule has 0 bridgehead atoms. The van der Waals surface area contributed by atoms with E-state index < -0.39 is 0 Å². The number of ketones is 1. The maximum atomic E-state index is 11.4. The zero-order valence-electron chi connectivity index (χ0n) is 8.50. The van der Waals surface area contributed by atoms with Crippen LogP contribution >= 0.6 is 0 Å². The van der Waals surface area contributed by atoms with Crippen molar-refractivity contribution in [1.82, 2.24) is 0 Å². The van der Waals surface area contributed by atoms with E-state index in [4.69, 9.17) is 0 Å². The van der Waals surface area contributed by atoms with Crippen molar-refractivity contribution in [3.05, 3.63) is 35.5 Å². The SMILES string of the molecule is CC=CC1C=CCC(C)=C1C(C)=O. The van der Waals surface area contributed by atoms with Crippen LogP contribution in [0, 0.1) is 5.92 Å². The standard InChI is InChI=1S/C12H16O/c1-4-6-11-8-5-7-9(2)12(11)10(3)13/h4-6,8,11H,7H2,1-3H3. The summed E-state index contributed by atoms with van der Waals surface area (Å²) >= 11 is 0. The highest BCUT2D eigenvalue weighted by molar-refractivity contribution is 5.95. The van der Waals surface area contributed by atoms with Crippen molar-refractivity contribution in [3.63, 3.8) is 0 Å². The third-order valence-corrected chi connectivity index (χ3v) is 2.34. The van der Waals surface area contributed by atoms with E-state index in [1.807, 2.05) is 19.9 Å². The first kappa shape index (κ1) is 9.97. The highest BCUT2D eigenvalue weighted by atomic mass is 16.1. The van der Waals surface area contributed by atoms with Crippen LogP contribution in [-0.4, -0.2) is 5.78 Å². The van der Waals surface area contributed by atoms with Crippen LogP contribution in [0.4, 0.5) is 0 Å². The lowest BCUT2D eigenvalue weighted by Gasteiger charge is -2.18. The molecule has 0 aromatic heterocycles. The van der Waals surface area contributed by atoms with Crippen LogP contribution in [0.2, 0.25) is 0 Å². The minimum absolute atomic E-state index is 0.199. The fourth-order valence-electron chi connectivity index (χ4n) is 1.79. The Bertz CT molecular complexity index is 290. The Hall–Kier alpha value is -1.11. The Kier molecular flexibility index (Phi) is 3.24. The zero-order chi connectivity index (χ0) is 9.84. The van der Waals surface area contributed by atoms with Crippen molar-refractivity contribution in [1.29, 1.82) is 0 Å². The van der Waals surface area contributed by atoms with Gasteiger partial charge in [0.1, 0.15) is 0 Å². The summed E-state index contributed by atoms with van der Waals surface area (Å²) in [6.07, 6.45) is 9.21. The molecule has 0 saturated carbocycles. The van der Waals surface area contributed by atoms with Gasteiger partial charge in [0.15, 0.2) is 5.78 Å². The lowest BCUT2D eigenvalue weighted by atomic mass is 9.86. The normalized spacial score (nSPS) is 22.8. The molecule has 1 atom stereocenters. The van der Waals surface area contributed by atoms with Gasteiger partial charge < -0.3 is 0 Å². The summed E-state index contributed by atoms with van der Waals surface area (Å²) < 4.78 is 0. The molecule has 70 valence electrons. The molecule has 0 saturated heterocycles. The van der Waals surface area contributed by atoms with Crippen molar-refractivity contribution in [2.24, 2.45) is 5.92 Å². The summed E-state index contributed by atoms with van der Waals surface area (Å²) in [7, 11) is 0. The van der Waals surface area contributed by atoms with Crippen molar-refractivity contribution in [3.8, 4) is 0 Å². The van der Waals surface area contributed by atoms with Crippen LogP contribution in [-0.2, 0) is 4.79 Å². The zero-order valence-corrected chi connectivity index (χ0v) is 8.50. The number of carbonyl (C=O) groups excluding carboxylic acids is 1. The number of rotatable bonds is 2. The fraction of sp³-hybridized carbons (Fsp3) is 0.417. The summed E-state index contributed by atoms with van der Waals surface area (Å²) in [5, 5.41) is 0. The molecule has 1 nitrogen and oxygen atoms in total. The topological polar surface area (TPSA) is 17.1 Å². The lowest BCUT2D eigenvalue weighted by molar-refractivity contribution is -0.113. The average Bonchev–Trinajstić information content (AvgIpc) is 2.04. The van der Waals surface area contributed by atoms with Crippen molar-refractivity contribution < 1.29 is 4.79 Å². The van der Waals surface area contributed by atoms with Gasteiger partial charge in [-0.05, 0) is 27.2 Å². The molecule has 0 heterocycles. The summed E-state index contributed by atoms with van der Waals surface area (Å²) in [6, 6.07) is 0. The van der Waals surface area contributed by atoms with Crippen LogP contribution in [0.1, 0.15) is 27.2 Å². The second-order valence-electron chi connectivity index (χ2n) is 3.43. The van der Waals surface area contributed by atoms with E-state index in [-0.39, 0.29) is 11.7 Å². The molecule has 0 amide bonds. The van der Waals surface area contributed by atoms with Gasteiger partial charge in [-0.1, -0.05) is 29.9 Å². The summed E-state index contributed by atoms with van der Waals surface area (Å²) in [4.78, 5) is 11.4. The Morgan fingerprint density at radius 3 is 2.85 bits per heavy atom. The molecule has 13 heavy (non-hydrogen) atoms. The minimum atomic E-state index is 0.199. The van der Waals surface area contributed by atoms with E-state index in [1.165, 1.54) is 5.57 Å². The number of carbonyl (C=O) groups is 1. The Morgan fingerprint density at radius 1 is 1.62 bits per heavy atom. The van der Waals surface area contributed by atoms with Crippen LogP contribution in [0.15, 0.2) is 35.5 Å². The molecule has 0 N–H and O–H groups in total. The van der Waals surface area contributed by atoms with E-state index >= 15 is 0 Å². The van der Waals surface area contributed by atoms with Gasteiger partial charge in [-0.25, -0.2) is 0 Å². The van der Waals surface area contributed by atoms with E-state index in [9.17, 15) is 4.79 Å². The molecule has 1 aliphatic rings. The fourth-order valence-corrected chi connectivity index (χ4v) is 1.79. The minimum Gasteiger partial charge on any atom is -0.295 e. The van der Waals surface area contributed by atoms with Gasteiger partial charge in [0, 0.05) is 11.5 Å². The molecule has 0 radical (unpaired) electrons. The second-order valence-corrected chi connectivity index (χ2v) is 3.43. The predicted molar refractivity (Wildman–Crippen MR) is 55.4 cm³/mol. The Morgan fingerprint density at radius 2 is 2.31 bits per heavy atom. The molecule has 0 aromatic rings. The number of allylic oxidation sites excluding steroid dienone is 6. The maximum absolute atomic E-state index is 11.4. The highest BCUT2D eigenvalue weighted by Crippen LogP contribution is 2.26. The first-order valence-electron chi connectivity index (χ1n) is 4.67. The van der Waals surface area contributed by atoms with Gasteiger partial charge in [0.2, 0.25) is 0 Å². The molecule has 0 aromatic carbocycles. The smallest absolute Gasteiger partial charge is 0.156 e. The van der Waals surface area contributed by atoms with E-state index in [1.54, 1.807) is 6.92 Å². The van der Waals surface area contributed by atoms with Crippen LogP contribution in [0.5, 0.6) is 0 Å². The number of hydrogen-bond acceptors (Lipinski definition) is 1. The molecule has 1 rings (SSSR count). The first-order chi connectivity index (χ1) is 6.16. The lowest BCUT2D eigenvalue weighted by Crippen LogP contribution is -2.11. The Balaban J connectivity index is 3.00. The second kappa shape index (κ2) is 4.22. The molecular formula is C12H16O. The first-order valence-corrected chi connectivity index (χ1v) is 4.67. The van der Waals surface area contributed by atoms with Gasteiger partial charge in [0.05, 0.1) is 0 Å². The van der Waals surface area contributed by atoms with Crippen LogP contribution < -0.4 is 0 Å². The van der Waals surface area contributed by atoms with Gasteiger partial charge in [-0.15, -0.1) is 0 Å². The third-order valence-electron chi connectivity index (χ3n) is 2.34. The van der Waals surface area contributed by atoms with Crippen LogP contribution in [0.3, 0.4) is 0 Å². The highest BCUT2D eigenvalue weighted by Gasteiger charge is 2.17. The Labute approximate surface area is 79.8 Å². The molecule has 1 unspecified atom stereocenters. The van der Waals surface area contributed by atoms with E-state index in [2.05, 4.69) is 18.2 Å². The quantitative estimate of drug-likeness (QED) is 0.591. The van der Waals surface area contributed by atoms with Crippen molar-refractivity contribution >= 4 is 5.78 Å². The molecule has 1 aliphatic carbocycles. The van der Waals surface area contributed by atoms with Gasteiger partial charge in [-0.3, -0.25) is 4.79 Å². The van der Waals surface area contributed by atoms with Crippen LogP contribution in [0.25, 0.3) is 0 Å². The average molecular weight is 176 g/mol. The molecular weight excluding hydrogens is 160 g/mol. The molecule has 0 spiro atoms. The summed E-state index contributed by atoms with van der Waals surface area (Å²) in [6.45, 7) is 5.67. The van der Waals surface area contributed by atoms with Gasteiger partial charge >= 0.3 is 0 Å². The molecule has 1 heteroatoms. The maximum Gasteiger partial charge on any atom is 0.156 e. The monoisotopic (exact) mass is 176 g/mol. The van der Waals surface area contributed by atoms with Crippen molar-refractivity contribution in [2.75, 3.05) is 0 Å². The third kappa shape index (κ3) is 2.18.